The van der Waals surface area contributed by atoms with E-state index in [1.54, 1.807) is 6.07 Å². The summed E-state index contributed by atoms with van der Waals surface area (Å²) in [6.07, 6.45) is 3.28. The third-order valence-corrected chi connectivity index (χ3v) is 6.50. The normalized spacial score (nSPS) is 13.0. The molecule has 0 aliphatic heterocycles. The van der Waals surface area contributed by atoms with Gasteiger partial charge in [0.2, 0.25) is 0 Å². The first kappa shape index (κ1) is 26.2. The number of aliphatic hydroxyl groups is 1. The van der Waals surface area contributed by atoms with E-state index in [0.717, 1.165) is 18.2 Å². The first-order valence-electron chi connectivity index (χ1n) is 12.0. The third kappa shape index (κ3) is 5.15. The van der Waals surface area contributed by atoms with Gasteiger partial charge >= 0.3 is 0 Å². The van der Waals surface area contributed by atoms with E-state index >= 15 is 0 Å². The van der Waals surface area contributed by atoms with Crippen LogP contribution in [0.5, 0.6) is 11.5 Å². The zero-order valence-electron chi connectivity index (χ0n) is 20.9. The second-order valence-corrected chi connectivity index (χ2v) is 9.45. The van der Waals surface area contributed by atoms with Gasteiger partial charge in [-0.1, -0.05) is 6.07 Å². The van der Waals surface area contributed by atoms with Crippen molar-refractivity contribution in [3.05, 3.63) is 101 Å². The Morgan fingerprint density at radius 2 is 1.85 bits per heavy atom. The number of hydrogen-bond acceptors (Lipinski definition) is 4. The summed E-state index contributed by atoms with van der Waals surface area (Å²) >= 11 is 0. The monoisotopic (exact) mass is 537 g/mol. The number of Topliss-reactive ketones (excluding diaryl/α,β-unsaturated/α-hetero) is 1. The van der Waals surface area contributed by atoms with Crippen LogP contribution in [0.3, 0.4) is 0 Å². The molecule has 1 atom stereocenters. The number of aromatic nitrogens is 3. The van der Waals surface area contributed by atoms with Crippen molar-refractivity contribution in [2.45, 2.75) is 32.3 Å². The van der Waals surface area contributed by atoms with E-state index in [9.17, 15) is 27.5 Å². The summed E-state index contributed by atoms with van der Waals surface area (Å²) < 4.78 is 64.0. The Morgan fingerprint density at radius 3 is 2.62 bits per heavy atom. The Bertz CT molecular complexity index is 1710. The number of imidazole rings is 1. The molecule has 10 heteroatoms. The topological polar surface area (TPSA) is 91.0 Å². The predicted molar refractivity (Wildman–Crippen MR) is 136 cm³/mol. The number of fused-ring (bicyclic) bond motifs is 1. The van der Waals surface area contributed by atoms with Crippen molar-refractivity contribution in [1.29, 1.82) is 0 Å². The highest BCUT2D eigenvalue weighted by molar-refractivity contribution is 5.82. The standard InChI is InChI=1S/C29H23F4N3O3/c1-15(37)3-4-16-9-17(11-18(30)10-16)29(2,38)25-14-35-28(36-25)21-12-19(5-6-22(21)31)39-27-23(32)13-24-20(26(27)33)7-8-34-24/h5-14,34,38H,3-4H2,1-2H3,(H,35,36). The second kappa shape index (κ2) is 10.0. The maximum absolute atomic E-state index is 14.8. The van der Waals surface area contributed by atoms with E-state index in [1.165, 1.54) is 50.5 Å². The van der Waals surface area contributed by atoms with Gasteiger partial charge in [-0.2, -0.15) is 0 Å². The minimum atomic E-state index is -1.75. The van der Waals surface area contributed by atoms with Crippen LogP contribution in [-0.4, -0.2) is 25.8 Å². The van der Waals surface area contributed by atoms with Gasteiger partial charge in [-0.3, -0.25) is 0 Å². The van der Waals surface area contributed by atoms with Crippen LogP contribution >= 0.6 is 0 Å². The maximum Gasteiger partial charge on any atom is 0.199 e. The number of rotatable bonds is 8. The molecule has 0 amide bonds. The maximum atomic E-state index is 14.8. The summed E-state index contributed by atoms with van der Waals surface area (Å²) in [6, 6.07) is 10.1. The van der Waals surface area contributed by atoms with Crippen LogP contribution in [0.15, 0.2) is 60.9 Å². The number of hydrogen-bond donors (Lipinski definition) is 3. The smallest absolute Gasteiger partial charge is 0.199 e. The summed E-state index contributed by atoms with van der Waals surface area (Å²) in [5.41, 5.74) is -0.688. The molecule has 0 saturated carbocycles. The molecule has 0 fully saturated rings. The molecule has 0 saturated heterocycles. The quantitative estimate of drug-likeness (QED) is 0.193. The number of carbonyl (C=O) groups excluding carboxylic acids is 1. The molecule has 200 valence electrons. The first-order valence-corrected chi connectivity index (χ1v) is 12.0. The molecule has 5 rings (SSSR count). The number of aromatic amines is 2. The van der Waals surface area contributed by atoms with Crippen LogP contribution in [0.1, 0.15) is 37.1 Å². The van der Waals surface area contributed by atoms with Crippen molar-refractivity contribution >= 4 is 16.7 Å². The predicted octanol–water partition coefficient (Wildman–Crippen LogP) is 6.68. The molecule has 0 bridgehead atoms. The van der Waals surface area contributed by atoms with Gasteiger partial charge in [-0.05, 0) is 67.8 Å². The number of halogens is 4. The summed E-state index contributed by atoms with van der Waals surface area (Å²) in [7, 11) is 0. The second-order valence-electron chi connectivity index (χ2n) is 9.45. The Hall–Kier alpha value is -4.44. The van der Waals surface area contributed by atoms with Crippen LogP contribution in [0.25, 0.3) is 22.3 Å². The average molecular weight is 538 g/mol. The van der Waals surface area contributed by atoms with Gasteiger partial charge in [-0.15, -0.1) is 0 Å². The van der Waals surface area contributed by atoms with Crippen molar-refractivity contribution in [3.63, 3.8) is 0 Å². The van der Waals surface area contributed by atoms with Gasteiger partial charge in [0.25, 0.3) is 0 Å². The zero-order chi connectivity index (χ0) is 27.9. The molecule has 2 aromatic heterocycles. The summed E-state index contributed by atoms with van der Waals surface area (Å²) in [6.45, 7) is 2.86. The highest BCUT2D eigenvalue weighted by Crippen LogP contribution is 2.36. The molecule has 39 heavy (non-hydrogen) atoms. The fraction of sp³-hybridized carbons (Fsp3) is 0.172. The Kier molecular flexibility index (Phi) is 6.73. The summed E-state index contributed by atoms with van der Waals surface area (Å²) in [5.74, 6) is -3.88. The number of carbonyl (C=O) groups is 1. The molecule has 6 nitrogen and oxygen atoms in total. The van der Waals surface area contributed by atoms with Gasteiger partial charge < -0.3 is 24.6 Å². The van der Waals surface area contributed by atoms with Gasteiger partial charge in [0.05, 0.1) is 23.0 Å². The Labute approximate surface area is 220 Å². The highest BCUT2D eigenvalue weighted by atomic mass is 19.1. The highest BCUT2D eigenvalue weighted by Gasteiger charge is 2.30. The Balaban J connectivity index is 1.45. The van der Waals surface area contributed by atoms with E-state index in [1.807, 2.05) is 0 Å². The molecule has 3 N–H and O–H groups in total. The minimum Gasteiger partial charge on any atom is -0.451 e. The first-order chi connectivity index (χ1) is 18.5. The molecule has 2 heterocycles. The van der Waals surface area contributed by atoms with Crippen molar-refractivity contribution in [2.24, 2.45) is 0 Å². The molecular weight excluding hydrogens is 514 g/mol. The number of nitrogens with zero attached hydrogens (tertiary/aromatic N) is 1. The van der Waals surface area contributed by atoms with Crippen molar-refractivity contribution < 1.29 is 32.2 Å². The van der Waals surface area contributed by atoms with Crippen molar-refractivity contribution in [1.82, 2.24) is 15.0 Å². The Morgan fingerprint density at radius 1 is 1.05 bits per heavy atom. The van der Waals surface area contributed by atoms with Gasteiger partial charge in [0, 0.05) is 24.1 Å². The summed E-state index contributed by atoms with van der Waals surface area (Å²) in [4.78, 5) is 21.1. The lowest BCUT2D eigenvalue weighted by atomic mass is 9.90. The van der Waals surface area contributed by atoms with E-state index in [-0.39, 0.29) is 51.5 Å². The lowest BCUT2D eigenvalue weighted by molar-refractivity contribution is -0.116. The third-order valence-electron chi connectivity index (χ3n) is 6.50. The summed E-state index contributed by atoms with van der Waals surface area (Å²) in [5, 5.41) is 11.4. The fourth-order valence-electron chi connectivity index (χ4n) is 4.33. The number of aryl methyl sites for hydroxylation is 1. The van der Waals surface area contributed by atoms with Gasteiger partial charge in [0.15, 0.2) is 17.4 Å². The minimum absolute atomic E-state index is 0.00321. The van der Waals surface area contributed by atoms with Crippen molar-refractivity contribution in [2.75, 3.05) is 0 Å². The SMILES string of the molecule is CC(=O)CCc1cc(F)cc(C(C)(O)c2cnc(-c3cc(Oc4c(F)cc5[nH]ccc5c4F)ccc3F)[nH]2)c1. The van der Waals surface area contributed by atoms with E-state index in [0.29, 0.717) is 12.0 Å². The zero-order valence-corrected chi connectivity index (χ0v) is 20.9. The molecule has 0 aliphatic carbocycles. The van der Waals surface area contributed by atoms with E-state index in [4.69, 9.17) is 4.74 Å². The number of ether oxygens (including phenoxy) is 1. The van der Waals surface area contributed by atoms with Crippen molar-refractivity contribution in [3.8, 4) is 22.9 Å². The average Bonchev–Trinajstić information content (AvgIpc) is 3.56. The fourth-order valence-corrected chi connectivity index (χ4v) is 4.33. The number of ketones is 1. The number of nitrogens with one attached hydrogen (secondary N) is 2. The molecule has 0 radical (unpaired) electrons. The van der Waals surface area contributed by atoms with Crippen LogP contribution < -0.4 is 4.74 Å². The number of benzene rings is 3. The molecule has 5 aromatic rings. The molecule has 1 unspecified atom stereocenters. The molecular formula is C29H23F4N3O3. The molecule has 0 spiro atoms. The van der Waals surface area contributed by atoms with Gasteiger partial charge in [0.1, 0.15) is 34.6 Å². The van der Waals surface area contributed by atoms with Crippen LogP contribution in [0, 0.1) is 23.3 Å². The molecule has 0 aliphatic rings. The molecule has 3 aromatic carbocycles. The number of H-pyrrole nitrogens is 2. The van der Waals surface area contributed by atoms with Crippen LogP contribution in [0.4, 0.5) is 17.6 Å². The lowest BCUT2D eigenvalue weighted by Crippen LogP contribution is -2.24. The largest absolute Gasteiger partial charge is 0.451 e. The lowest BCUT2D eigenvalue weighted by Gasteiger charge is -2.23. The van der Waals surface area contributed by atoms with Gasteiger partial charge in [-0.25, -0.2) is 22.5 Å². The van der Waals surface area contributed by atoms with E-state index in [2.05, 4.69) is 15.0 Å². The van der Waals surface area contributed by atoms with E-state index < -0.39 is 34.6 Å². The van der Waals surface area contributed by atoms with Crippen LogP contribution in [-0.2, 0) is 16.8 Å². The van der Waals surface area contributed by atoms with Crippen LogP contribution in [0.2, 0.25) is 0 Å².